The van der Waals surface area contributed by atoms with Crippen LogP contribution in [0.4, 0.5) is 0 Å². The minimum atomic E-state index is -0.889. The number of nitrogens with one attached hydrogen (secondary N) is 2. The smallest absolute Gasteiger partial charge is 0.321 e. The number of aromatic amines is 1. The van der Waals surface area contributed by atoms with E-state index in [9.17, 15) is 9.90 Å². The van der Waals surface area contributed by atoms with Gasteiger partial charge in [0.15, 0.2) is 0 Å². The van der Waals surface area contributed by atoms with Gasteiger partial charge in [-0.15, -0.1) is 0 Å². The van der Waals surface area contributed by atoms with E-state index in [-0.39, 0.29) is 6.01 Å². The van der Waals surface area contributed by atoms with E-state index in [2.05, 4.69) is 20.3 Å². The summed E-state index contributed by atoms with van der Waals surface area (Å²) in [6.45, 7) is 0.395. The van der Waals surface area contributed by atoms with Crippen molar-refractivity contribution in [3.8, 4) is 11.8 Å². The van der Waals surface area contributed by atoms with Crippen molar-refractivity contribution < 1.29 is 14.6 Å². The molecule has 3 N–H and O–H groups in total. The van der Waals surface area contributed by atoms with Crippen LogP contribution in [0.1, 0.15) is 11.1 Å². The molecule has 4 rings (SSSR count). The van der Waals surface area contributed by atoms with Crippen LogP contribution in [0.25, 0.3) is 10.9 Å². The zero-order valence-electron chi connectivity index (χ0n) is 15.6. The highest BCUT2D eigenvalue weighted by molar-refractivity contribution is 5.84. The third kappa shape index (κ3) is 4.59. The summed E-state index contributed by atoms with van der Waals surface area (Å²) in [6.07, 6.45) is 5.47. The van der Waals surface area contributed by atoms with E-state index in [0.29, 0.717) is 18.7 Å². The molecule has 7 heteroatoms. The van der Waals surface area contributed by atoms with Gasteiger partial charge in [0.05, 0.1) is 0 Å². The highest BCUT2D eigenvalue weighted by Gasteiger charge is 2.19. The number of fused-ring (bicyclic) bond motifs is 1. The Kier molecular flexibility index (Phi) is 5.49. The van der Waals surface area contributed by atoms with Crippen molar-refractivity contribution in [3.63, 3.8) is 0 Å². The average Bonchev–Trinajstić information content (AvgIpc) is 3.15. The normalized spacial score (nSPS) is 12.0. The van der Waals surface area contributed by atoms with Crippen molar-refractivity contribution in [1.82, 2.24) is 20.3 Å². The van der Waals surface area contributed by atoms with Crippen molar-refractivity contribution in [2.45, 2.75) is 19.0 Å². The molecule has 0 bridgehead atoms. The predicted octanol–water partition coefficient (Wildman–Crippen LogP) is 3.54. The fourth-order valence-corrected chi connectivity index (χ4v) is 3.17. The van der Waals surface area contributed by atoms with Crippen LogP contribution in [0, 0.1) is 0 Å². The molecule has 0 saturated heterocycles. The molecule has 0 amide bonds. The number of ether oxygens (including phenoxy) is 1. The van der Waals surface area contributed by atoms with Gasteiger partial charge in [-0.1, -0.05) is 30.3 Å². The first kappa shape index (κ1) is 18.6. The number of carboxylic acid groups (broad SMARTS) is 1. The first-order chi connectivity index (χ1) is 14.2. The van der Waals surface area contributed by atoms with Gasteiger partial charge >= 0.3 is 12.0 Å². The largest absolute Gasteiger partial charge is 0.480 e. The number of rotatable bonds is 8. The summed E-state index contributed by atoms with van der Waals surface area (Å²) in [5.41, 5.74) is 2.88. The van der Waals surface area contributed by atoms with E-state index in [1.807, 2.05) is 48.7 Å². The maximum atomic E-state index is 11.8. The minimum Gasteiger partial charge on any atom is -0.480 e. The van der Waals surface area contributed by atoms with Gasteiger partial charge in [-0.05, 0) is 35.4 Å². The molecule has 2 aromatic heterocycles. The summed E-state index contributed by atoms with van der Waals surface area (Å²) in [5.74, 6) is -0.292. The van der Waals surface area contributed by atoms with Crippen LogP contribution in [0.3, 0.4) is 0 Å². The number of nitrogens with zero attached hydrogens (tertiary/aromatic N) is 2. The molecule has 29 heavy (non-hydrogen) atoms. The average molecular weight is 388 g/mol. The molecule has 0 fully saturated rings. The second-order valence-corrected chi connectivity index (χ2v) is 6.62. The number of carboxylic acids is 1. The zero-order chi connectivity index (χ0) is 20.1. The number of para-hydroxylation sites is 1. The fraction of sp³-hybridized carbons (Fsp3) is 0.136. The molecule has 1 atom stereocenters. The lowest BCUT2D eigenvalue weighted by atomic mass is 10.0. The summed E-state index contributed by atoms with van der Waals surface area (Å²) >= 11 is 0. The SMILES string of the molecule is O=C(O)[C@@H](Cc1c[nH]c2ccccc12)NCc1cccc(Oc2ncccn2)c1. The lowest BCUT2D eigenvalue weighted by molar-refractivity contribution is -0.139. The molecule has 0 spiro atoms. The quantitative estimate of drug-likeness (QED) is 0.427. The maximum Gasteiger partial charge on any atom is 0.321 e. The second-order valence-electron chi connectivity index (χ2n) is 6.62. The standard InChI is InChI=1S/C22H20N4O3/c27-21(28)20(12-16-14-26-19-8-2-1-7-18(16)19)25-13-15-5-3-6-17(11-15)29-22-23-9-4-10-24-22/h1-11,14,20,25-26H,12-13H2,(H,27,28)/t20-/m1/s1. The molecule has 146 valence electrons. The van der Waals surface area contributed by atoms with Crippen molar-refractivity contribution in [3.05, 3.63) is 84.3 Å². The molecule has 0 aliphatic carbocycles. The second kappa shape index (κ2) is 8.53. The number of benzene rings is 2. The van der Waals surface area contributed by atoms with Gasteiger partial charge in [-0.3, -0.25) is 4.79 Å². The first-order valence-electron chi connectivity index (χ1n) is 9.24. The Morgan fingerprint density at radius 3 is 2.76 bits per heavy atom. The van der Waals surface area contributed by atoms with Gasteiger partial charge in [0.1, 0.15) is 11.8 Å². The third-order valence-electron chi connectivity index (χ3n) is 4.60. The molecule has 2 aromatic carbocycles. The fourth-order valence-electron chi connectivity index (χ4n) is 3.17. The van der Waals surface area contributed by atoms with Crippen LogP contribution >= 0.6 is 0 Å². The van der Waals surface area contributed by atoms with E-state index in [4.69, 9.17) is 4.74 Å². The van der Waals surface area contributed by atoms with Gasteiger partial charge in [0, 0.05) is 42.5 Å². The number of H-pyrrole nitrogens is 1. The van der Waals surface area contributed by atoms with Crippen molar-refractivity contribution in [2.75, 3.05) is 0 Å². The Morgan fingerprint density at radius 1 is 1.10 bits per heavy atom. The molecule has 7 nitrogen and oxygen atoms in total. The molecule has 0 aliphatic rings. The third-order valence-corrected chi connectivity index (χ3v) is 4.60. The van der Waals surface area contributed by atoms with Crippen molar-refractivity contribution in [1.29, 1.82) is 0 Å². The van der Waals surface area contributed by atoms with E-state index in [1.54, 1.807) is 24.5 Å². The van der Waals surface area contributed by atoms with Crippen LogP contribution in [0.2, 0.25) is 0 Å². The van der Waals surface area contributed by atoms with Gasteiger partial charge < -0.3 is 20.1 Å². The number of carbonyl (C=O) groups is 1. The van der Waals surface area contributed by atoms with Crippen LogP contribution in [-0.4, -0.2) is 32.1 Å². The Morgan fingerprint density at radius 2 is 1.93 bits per heavy atom. The molecule has 2 heterocycles. The minimum absolute atomic E-state index is 0.264. The highest BCUT2D eigenvalue weighted by atomic mass is 16.5. The van der Waals surface area contributed by atoms with Crippen molar-refractivity contribution in [2.24, 2.45) is 0 Å². The van der Waals surface area contributed by atoms with Gasteiger partial charge in [0.25, 0.3) is 0 Å². The molecule has 0 aliphatic heterocycles. The predicted molar refractivity (Wildman–Crippen MR) is 109 cm³/mol. The zero-order valence-corrected chi connectivity index (χ0v) is 15.6. The van der Waals surface area contributed by atoms with E-state index in [0.717, 1.165) is 22.0 Å². The Balaban J connectivity index is 1.43. The maximum absolute atomic E-state index is 11.8. The van der Waals surface area contributed by atoms with Gasteiger partial charge in [-0.25, -0.2) is 9.97 Å². The lowest BCUT2D eigenvalue weighted by Crippen LogP contribution is -2.38. The summed E-state index contributed by atoms with van der Waals surface area (Å²) < 4.78 is 5.64. The Bertz CT molecular complexity index is 1110. The molecule has 4 aromatic rings. The van der Waals surface area contributed by atoms with Crippen LogP contribution in [0.15, 0.2) is 73.2 Å². The lowest BCUT2D eigenvalue weighted by Gasteiger charge is -2.15. The Hall–Kier alpha value is -3.71. The number of hydrogen-bond donors (Lipinski definition) is 3. The van der Waals surface area contributed by atoms with Gasteiger partial charge in [-0.2, -0.15) is 0 Å². The van der Waals surface area contributed by atoms with Crippen molar-refractivity contribution >= 4 is 16.9 Å². The highest BCUT2D eigenvalue weighted by Crippen LogP contribution is 2.20. The summed E-state index contributed by atoms with van der Waals surface area (Å²) in [7, 11) is 0. The van der Waals surface area contributed by atoms with E-state index < -0.39 is 12.0 Å². The van der Waals surface area contributed by atoms with Crippen LogP contribution in [0.5, 0.6) is 11.8 Å². The summed E-state index contributed by atoms with van der Waals surface area (Å²) in [4.78, 5) is 23.0. The van der Waals surface area contributed by atoms with E-state index in [1.165, 1.54) is 0 Å². The monoisotopic (exact) mass is 388 g/mol. The van der Waals surface area contributed by atoms with Crippen LogP contribution in [-0.2, 0) is 17.8 Å². The molecule has 0 unspecified atom stereocenters. The van der Waals surface area contributed by atoms with Crippen LogP contribution < -0.4 is 10.1 Å². The molecule has 0 saturated carbocycles. The first-order valence-corrected chi connectivity index (χ1v) is 9.24. The van der Waals surface area contributed by atoms with Gasteiger partial charge in [0.2, 0.25) is 0 Å². The van der Waals surface area contributed by atoms with E-state index >= 15 is 0 Å². The molecule has 0 radical (unpaired) electrons. The number of aromatic nitrogens is 3. The summed E-state index contributed by atoms with van der Waals surface area (Å²) in [5, 5.41) is 13.8. The topological polar surface area (TPSA) is 100 Å². The number of aliphatic carboxylic acids is 1. The summed E-state index contributed by atoms with van der Waals surface area (Å²) in [6, 6.07) is 16.5. The Labute approximate surface area is 167 Å². The number of hydrogen-bond acceptors (Lipinski definition) is 5. The molecular formula is C22H20N4O3. The molecular weight excluding hydrogens is 368 g/mol.